The zero-order chi connectivity index (χ0) is 13.4. The SMILES string of the molecule is CCC(CC)N(CCOC)c1cccnc1CN. The number of hydrogen-bond acceptors (Lipinski definition) is 4. The van der Waals surface area contributed by atoms with Crippen LogP contribution in [0.1, 0.15) is 32.4 Å². The molecule has 0 amide bonds. The summed E-state index contributed by atoms with van der Waals surface area (Å²) in [5.74, 6) is 0. The normalized spacial score (nSPS) is 10.9. The van der Waals surface area contributed by atoms with Crippen LogP contribution in [0.5, 0.6) is 0 Å². The standard InChI is InChI=1S/C14H25N3O/c1-4-12(5-2)17(9-10-18-3)14-7-6-8-16-13(14)11-15/h6-8,12H,4-5,9-11,15H2,1-3H3. The van der Waals surface area contributed by atoms with Crippen molar-refractivity contribution in [2.45, 2.75) is 39.3 Å². The molecule has 1 aromatic heterocycles. The summed E-state index contributed by atoms with van der Waals surface area (Å²) in [7, 11) is 1.73. The van der Waals surface area contributed by atoms with Gasteiger partial charge in [-0.2, -0.15) is 0 Å². The Bertz CT molecular complexity index is 340. The molecule has 0 saturated carbocycles. The molecule has 1 heterocycles. The van der Waals surface area contributed by atoms with Gasteiger partial charge in [-0.05, 0) is 25.0 Å². The molecule has 0 spiro atoms. The molecule has 0 aliphatic rings. The van der Waals surface area contributed by atoms with E-state index in [0.29, 0.717) is 12.6 Å². The third-order valence-electron chi connectivity index (χ3n) is 3.29. The molecule has 0 aliphatic heterocycles. The number of methoxy groups -OCH3 is 1. The van der Waals surface area contributed by atoms with Crippen LogP contribution < -0.4 is 10.6 Å². The van der Waals surface area contributed by atoms with Gasteiger partial charge in [0.25, 0.3) is 0 Å². The fourth-order valence-electron chi connectivity index (χ4n) is 2.27. The van der Waals surface area contributed by atoms with Crippen LogP contribution in [0.4, 0.5) is 5.69 Å². The smallest absolute Gasteiger partial charge is 0.0772 e. The molecule has 18 heavy (non-hydrogen) atoms. The van der Waals surface area contributed by atoms with E-state index < -0.39 is 0 Å². The second-order valence-corrected chi connectivity index (χ2v) is 4.33. The number of nitrogens with zero attached hydrogens (tertiary/aromatic N) is 2. The van der Waals surface area contributed by atoms with Crippen LogP contribution in [-0.4, -0.2) is 31.3 Å². The van der Waals surface area contributed by atoms with Gasteiger partial charge in [0.1, 0.15) is 0 Å². The van der Waals surface area contributed by atoms with Gasteiger partial charge in [-0.15, -0.1) is 0 Å². The van der Waals surface area contributed by atoms with Gasteiger partial charge in [0, 0.05) is 32.4 Å². The first-order valence-electron chi connectivity index (χ1n) is 6.67. The lowest BCUT2D eigenvalue weighted by molar-refractivity contribution is 0.202. The Hall–Kier alpha value is -1.13. The molecule has 0 radical (unpaired) electrons. The molecule has 102 valence electrons. The van der Waals surface area contributed by atoms with Gasteiger partial charge in [0.15, 0.2) is 0 Å². The number of hydrogen-bond donors (Lipinski definition) is 1. The monoisotopic (exact) mass is 251 g/mol. The lowest BCUT2D eigenvalue weighted by Crippen LogP contribution is -2.38. The highest BCUT2D eigenvalue weighted by molar-refractivity contribution is 5.51. The second kappa shape index (κ2) is 8.06. The largest absolute Gasteiger partial charge is 0.383 e. The molecule has 2 N–H and O–H groups in total. The highest BCUT2D eigenvalue weighted by atomic mass is 16.5. The molecule has 0 unspecified atom stereocenters. The molecule has 1 aromatic rings. The van der Waals surface area contributed by atoms with E-state index in [-0.39, 0.29) is 0 Å². The van der Waals surface area contributed by atoms with Gasteiger partial charge in [-0.3, -0.25) is 4.98 Å². The summed E-state index contributed by atoms with van der Waals surface area (Å²) in [6, 6.07) is 4.58. The van der Waals surface area contributed by atoms with E-state index in [1.165, 1.54) is 0 Å². The molecule has 0 aliphatic carbocycles. The van der Waals surface area contributed by atoms with Gasteiger partial charge < -0.3 is 15.4 Å². The first-order chi connectivity index (χ1) is 8.78. The minimum Gasteiger partial charge on any atom is -0.383 e. The van der Waals surface area contributed by atoms with E-state index >= 15 is 0 Å². The summed E-state index contributed by atoms with van der Waals surface area (Å²) >= 11 is 0. The Balaban J connectivity index is 2.99. The van der Waals surface area contributed by atoms with Crippen LogP contribution in [0.2, 0.25) is 0 Å². The fraction of sp³-hybridized carbons (Fsp3) is 0.643. The molecule has 0 saturated heterocycles. The quantitative estimate of drug-likeness (QED) is 0.769. The predicted octanol–water partition coefficient (Wildman–Crippen LogP) is 2.18. The molecular formula is C14H25N3O. The Morgan fingerprint density at radius 2 is 2.11 bits per heavy atom. The van der Waals surface area contributed by atoms with Gasteiger partial charge in [0.2, 0.25) is 0 Å². The highest BCUT2D eigenvalue weighted by Crippen LogP contribution is 2.23. The topological polar surface area (TPSA) is 51.4 Å². The van der Waals surface area contributed by atoms with E-state index in [1.807, 2.05) is 6.07 Å². The van der Waals surface area contributed by atoms with Gasteiger partial charge in [-0.25, -0.2) is 0 Å². The fourth-order valence-corrected chi connectivity index (χ4v) is 2.27. The Morgan fingerprint density at radius 1 is 1.39 bits per heavy atom. The number of nitrogens with two attached hydrogens (primary N) is 1. The maximum atomic E-state index is 5.78. The summed E-state index contributed by atoms with van der Waals surface area (Å²) in [6.45, 7) is 6.50. The first-order valence-corrected chi connectivity index (χ1v) is 6.67. The van der Waals surface area contributed by atoms with Gasteiger partial charge in [0.05, 0.1) is 18.0 Å². The Kier molecular flexibility index (Phi) is 6.68. The lowest BCUT2D eigenvalue weighted by atomic mass is 10.1. The number of anilines is 1. The molecular weight excluding hydrogens is 226 g/mol. The van der Waals surface area contributed by atoms with E-state index in [4.69, 9.17) is 10.5 Å². The predicted molar refractivity (Wildman–Crippen MR) is 75.7 cm³/mol. The van der Waals surface area contributed by atoms with Crippen molar-refractivity contribution in [3.8, 4) is 0 Å². The van der Waals surface area contributed by atoms with Crippen LogP contribution >= 0.6 is 0 Å². The number of aromatic nitrogens is 1. The van der Waals surface area contributed by atoms with Crippen LogP contribution in [0.25, 0.3) is 0 Å². The first kappa shape index (κ1) is 14.9. The van der Waals surface area contributed by atoms with Crippen LogP contribution in [0.15, 0.2) is 18.3 Å². The average molecular weight is 251 g/mol. The summed E-state index contributed by atoms with van der Waals surface area (Å²) in [5, 5.41) is 0. The molecule has 4 heteroatoms. The van der Waals surface area contributed by atoms with Gasteiger partial charge in [-0.1, -0.05) is 13.8 Å². The minimum absolute atomic E-state index is 0.472. The molecule has 0 atom stereocenters. The van der Waals surface area contributed by atoms with E-state index in [9.17, 15) is 0 Å². The van der Waals surface area contributed by atoms with Crippen LogP contribution in [0, 0.1) is 0 Å². The third kappa shape index (κ3) is 3.68. The maximum Gasteiger partial charge on any atom is 0.0772 e. The lowest BCUT2D eigenvalue weighted by Gasteiger charge is -2.33. The third-order valence-corrected chi connectivity index (χ3v) is 3.29. The van der Waals surface area contributed by atoms with E-state index in [2.05, 4.69) is 29.8 Å². The number of ether oxygens (including phenoxy) is 1. The van der Waals surface area contributed by atoms with Crippen molar-refractivity contribution in [3.63, 3.8) is 0 Å². The van der Waals surface area contributed by atoms with Crippen LogP contribution in [-0.2, 0) is 11.3 Å². The van der Waals surface area contributed by atoms with Crippen LogP contribution in [0.3, 0.4) is 0 Å². The summed E-state index contributed by atoms with van der Waals surface area (Å²) in [6.07, 6.45) is 4.02. The van der Waals surface area contributed by atoms with E-state index in [1.54, 1.807) is 13.3 Å². The summed E-state index contributed by atoms with van der Waals surface area (Å²) in [5.41, 5.74) is 7.88. The van der Waals surface area contributed by atoms with Crippen molar-refractivity contribution < 1.29 is 4.74 Å². The summed E-state index contributed by atoms with van der Waals surface area (Å²) in [4.78, 5) is 6.74. The zero-order valence-corrected chi connectivity index (χ0v) is 11.7. The molecule has 0 aromatic carbocycles. The van der Waals surface area contributed by atoms with Gasteiger partial charge >= 0.3 is 0 Å². The van der Waals surface area contributed by atoms with Crippen molar-refractivity contribution in [2.24, 2.45) is 5.73 Å². The Morgan fingerprint density at radius 3 is 2.67 bits per heavy atom. The molecule has 1 rings (SSSR count). The maximum absolute atomic E-state index is 5.78. The van der Waals surface area contributed by atoms with Crippen molar-refractivity contribution in [1.29, 1.82) is 0 Å². The van der Waals surface area contributed by atoms with Crippen molar-refractivity contribution in [3.05, 3.63) is 24.0 Å². The van der Waals surface area contributed by atoms with E-state index in [0.717, 1.165) is 37.4 Å². The Labute approximate surface area is 110 Å². The molecule has 4 nitrogen and oxygen atoms in total. The molecule has 0 bridgehead atoms. The second-order valence-electron chi connectivity index (χ2n) is 4.33. The van der Waals surface area contributed by atoms with Crippen molar-refractivity contribution >= 4 is 5.69 Å². The van der Waals surface area contributed by atoms with Crippen molar-refractivity contribution in [1.82, 2.24) is 4.98 Å². The zero-order valence-electron chi connectivity index (χ0n) is 11.7. The summed E-state index contributed by atoms with van der Waals surface area (Å²) < 4.78 is 5.21. The average Bonchev–Trinajstić information content (AvgIpc) is 2.43. The molecule has 0 fully saturated rings. The number of rotatable bonds is 8. The van der Waals surface area contributed by atoms with Crippen molar-refractivity contribution in [2.75, 3.05) is 25.2 Å². The minimum atomic E-state index is 0.472. The number of pyridine rings is 1. The highest BCUT2D eigenvalue weighted by Gasteiger charge is 2.18.